The number of benzene rings is 1. The summed E-state index contributed by atoms with van der Waals surface area (Å²) in [6, 6.07) is 7.66. The van der Waals surface area contributed by atoms with Gasteiger partial charge in [-0.05, 0) is 38.3 Å². The van der Waals surface area contributed by atoms with Crippen LogP contribution in [0.3, 0.4) is 0 Å². The summed E-state index contributed by atoms with van der Waals surface area (Å²) in [5.41, 5.74) is 6.97. The van der Waals surface area contributed by atoms with Crippen LogP contribution in [-0.2, 0) is 9.53 Å². The first-order valence-corrected chi connectivity index (χ1v) is 10.3. The van der Waals surface area contributed by atoms with Crippen LogP contribution >= 0.6 is 0 Å². The van der Waals surface area contributed by atoms with E-state index in [1.165, 1.54) is 0 Å². The van der Waals surface area contributed by atoms with Crippen LogP contribution < -0.4 is 11.1 Å². The molecular formula is C22H33N3O3. The van der Waals surface area contributed by atoms with Crippen molar-refractivity contribution in [2.75, 3.05) is 19.7 Å². The van der Waals surface area contributed by atoms with Gasteiger partial charge in [0.1, 0.15) is 5.54 Å². The number of carbonyl (C=O) groups is 2. The molecule has 1 aliphatic carbocycles. The van der Waals surface area contributed by atoms with Crippen molar-refractivity contribution in [3.63, 3.8) is 0 Å². The Morgan fingerprint density at radius 3 is 2.46 bits per heavy atom. The summed E-state index contributed by atoms with van der Waals surface area (Å²) in [6.07, 6.45) is 2.08. The van der Waals surface area contributed by atoms with Crippen LogP contribution in [0.5, 0.6) is 0 Å². The highest BCUT2D eigenvalue weighted by atomic mass is 16.5. The van der Waals surface area contributed by atoms with Crippen LogP contribution in [0, 0.1) is 12.3 Å². The average molecular weight is 388 g/mol. The first-order valence-electron chi connectivity index (χ1n) is 10.3. The zero-order valence-corrected chi connectivity index (χ0v) is 17.5. The number of nitrogens with one attached hydrogen (secondary N) is 1. The van der Waals surface area contributed by atoms with Crippen molar-refractivity contribution in [1.82, 2.24) is 10.2 Å². The molecule has 2 atom stereocenters. The SMILES string of the molecule is CCOC1CC(N)(C(=O)N2CCC(NC(=O)c3ccccc3C)CC2)C1(C)C. The Kier molecular flexibility index (Phi) is 5.82. The van der Waals surface area contributed by atoms with E-state index < -0.39 is 5.54 Å². The number of carbonyl (C=O) groups excluding carboxylic acids is 2. The van der Waals surface area contributed by atoms with Crippen LogP contribution in [-0.4, -0.2) is 54.1 Å². The molecule has 0 aromatic heterocycles. The van der Waals surface area contributed by atoms with Crippen LogP contribution in [0.4, 0.5) is 0 Å². The Hall–Kier alpha value is -1.92. The lowest BCUT2D eigenvalue weighted by Gasteiger charge is -2.59. The summed E-state index contributed by atoms with van der Waals surface area (Å²) in [5, 5.41) is 3.11. The fraction of sp³-hybridized carbons (Fsp3) is 0.636. The minimum absolute atomic E-state index is 0.0112. The van der Waals surface area contributed by atoms with E-state index in [2.05, 4.69) is 5.32 Å². The van der Waals surface area contributed by atoms with Gasteiger partial charge in [0.2, 0.25) is 5.91 Å². The standard InChI is InChI=1S/C22H33N3O3/c1-5-28-18-14-22(23,21(18,3)4)20(27)25-12-10-16(11-13-25)24-19(26)17-9-7-6-8-15(17)2/h6-9,16,18H,5,10-14,23H2,1-4H3,(H,24,26). The Labute approximate surface area is 167 Å². The number of ether oxygens (including phenoxy) is 1. The highest BCUT2D eigenvalue weighted by molar-refractivity contribution is 5.95. The Morgan fingerprint density at radius 2 is 1.89 bits per heavy atom. The Bertz CT molecular complexity index is 740. The summed E-state index contributed by atoms with van der Waals surface area (Å²) < 4.78 is 5.74. The van der Waals surface area contributed by atoms with Crippen molar-refractivity contribution in [1.29, 1.82) is 0 Å². The molecule has 2 amide bonds. The monoisotopic (exact) mass is 387 g/mol. The molecular weight excluding hydrogens is 354 g/mol. The van der Waals surface area contributed by atoms with Gasteiger partial charge in [0.15, 0.2) is 0 Å². The molecule has 1 aliphatic heterocycles. The highest BCUT2D eigenvalue weighted by Crippen LogP contribution is 2.50. The third kappa shape index (κ3) is 3.55. The number of likely N-dealkylation sites (tertiary alicyclic amines) is 1. The van der Waals surface area contributed by atoms with Gasteiger partial charge in [0.25, 0.3) is 5.91 Å². The van der Waals surface area contributed by atoms with Gasteiger partial charge in [-0.2, -0.15) is 0 Å². The molecule has 6 heteroatoms. The van der Waals surface area contributed by atoms with E-state index in [1.54, 1.807) is 0 Å². The molecule has 28 heavy (non-hydrogen) atoms. The molecule has 1 heterocycles. The normalized spacial score (nSPS) is 27.2. The van der Waals surface area contributed by atoms with E-state index in [1.807, 2.05) is 56.9 Å². The maximum Gasteiger partial charge on any atom is 0.251 e. The summed E-state index contributed by atoms with van der Waals surface area (Å²) in [4.78, 5) is 27.5. The molecule has 3 rings (SSSR count). The minimum atomic E-state index is -0.871. The van der Waals surface area contributed by atoms with Gasteiger partial charge < -0.3 is 20.7 Å². The van der Waals surface area contributed by atoms with Gasteiger partial charge >= 0.3 is 0 Å². The predicted octanol–water partition coefficient (Wildman–Crippen LogP) is 2.25. The molecule has 3 N–H and O–H groups in total. The quantitative estimate of drug-likeness (QED) is 0.812. The Balaban J connectivity index is 1.55. The largest absolute Gasteiger partial charge is 0.378 e. The summed E-state index contributed by atoms with van der Waals surface area (Å²) in [7, 11) is 0. The smallest absolute Gasteiger partial charge is 0.251 e. The second-order valence-electron chi connectivity index (χ2n) is 8.70. The number of piperidine rings is 1. The molecule has 0 spiro atoms. The van der Waals surface area contributed by atoms with Gasteiger partial charge in [0, 0.05) is 43.1 Å². The third-order valence-electron chi connectivity index (χ3n) is 6.72. The molecule has 6 nitrogen and oxygen atoms in total. The van der Waals surface area contributed by atoms with Crippen LogP contribution in [0.15, 0.2) is 24.3 Å². The van der Waals surface area contributed by atoms with Crippen molar-refractivity contribution in [2.24, 2.45) is 11.1 Å². The molecule has 1 aromatic carbocycles. The van der Waals surface area contributed by atoms with Gasteiger partial charge in [-0.15, -0.1) is 0 Å². The first-order chi connectivity index (χ1) is 13.2. The lowest BCUT2D eigenvalue weighted by Crippen LogP contribution is -2.76. The lowest BCUT2D eigenvalue weighted by atomic mass is 9.54. The van der Waals surface area contributed by atoms with E-state index >= 15 is 0 Å². The minimum Gasteiger partial charge on any atom is -0.378 e. The molecule has 154 valence electrons. The lowest BCUT2D eigenvalue weighted by molar-refractivity contribution is -0.180. The maximum absolute atomic E-state index is 13.1. The zero-order chi connectivity index (χ0) is 20.5. The van der Waals surface area contributed by atoms with Crippen LogP contribution in [0.2, 0.25) is 0 Å². The highest BCUT2D eigenvalue weighted by Gasteiger charge is 2.63. The van der Waals surface area contributed by atoms with E-state index in [0.29, 0.717) is 31.7 Å². The van der Waals surface area contributed by atoms with Crippen molar-refractivity contribution < 1.29 is 14.3 Å². The zero-order valence-electron chi connectivity index (χ0n) is 17.5. The van der Waals surface area contributed by atoms with E-state index in [4.69, 9.17) is 10.5 Å². The molecule has 2 fully saturated rings. The number of amides is 2. The van der Waals surface area contributed by atoms with E-state index in [-0.39, 0.29) is 29.4 Å². The van der Waals surface area contributed by atoms with Gasteiger partial charge in [-0.1, -0.05) is 32.0 Å². The summed E-state index contributed by atoms with van der Waals surface area (Å²) >= 11 is 0. The van der Waals surface area contributed by atoms with E-state index in [0.717, 1.165) is 18.4 Å². The van der Waals surface area contributed by atoms with Gasteiger partial charge in [-0.3, -0.25) is 9.59 Å². The topological polar surface area (TPSA) is 84.7 Å². The van der Waals surface area contributed by atoms with Crippen molar-refractivity contribution in [3.05, 3.63) is 35.4 Å². The van der Waals surface area contributed by atoms with Crippen molar-refractivity contribution in [2.45, 2.75) is 64.6 Å². The number of aryl methyl sites for hydroxylation is 1. The number of nitrogens with two attached hydrogens (primary N) is 1. The molecule has 1 saturated carbocycles. The fourth-order valence-corrected chi connectivity index (χ4v) is 4.40. The molecule has 2 aliphatic rings. The van der Waals surface area contributed by atoms with Crippen LogP contribution in [0.1, 0.15) is 56.0 Å². The maximum atomic E-state index is 13.1. The van der Waals surface area contributed by atoms with Crippen molar-refractivity contribution in [3.8, 4) is 0 Å². The average Bonchev–Trinajstić information content (AvgIpc) is 2.68. The number of nitrogens with zero attached hydrogens (tertiary/aromatic N) is 1. The van der Waals surface area contributed by atoms with E-state index in [9.17, 15) is 9.59 Å². The molecule has 2 unspecified atom stereocenters. The second-order valence-corrected chi connectivity index (χ2v) is 8.70. The second kappa shape index (κ2) is 7.84. The van der Waals surface area contributed by atoms with Crippen LogP contribution in [0.25, 0.3) is 0 Å². The molecule has 1 saturated heterocycles. The fourth-order valence-electron chi connectivity index (χ4n) is 4.40. The molecule has 1 aromatic rings. The summed E-state index contributed by atoms with van der Waals surface area (Å²) in [6.45, 7) is 9.80. The number of hydrogen-bond donors (Lipinski definition) is 2. The van der Waals surface area contributed by atoms with Crippen molar-refractivity contribution >= 4 is 11.8 Å². The molecule has 0 radical (unpaired) electrons. The third-order valence-corrected chi connectivity index (χ3v) is 6.72. The van der Waals surface area contributed by atoms with Gasteiger partial charge in [-0.25, -0.2) is 0 Å². The van der Waals surface area contributed by atoms with Gasteiger partial charge in [0.05, 0.1) is 6.10 Å². The molecule has 0 bridgehead atoms. The predicted molar refractivity (Wildman–Crippen MR) is 109 cm³/mol. The Morgan fingerprint density at radius 1 is 1.25 bits per heavy atom. The number of hydrogen-bond acceptors (Lipinski definition) is 4. The number of rotatable bonds is 5. The first kappa shape index (κ1) is 20.8. The summed E-state index contributed by atoms with van der Waals surface area (Å²) in [5.74, 6) is -0.0324.